The largest absolute Gasteiger partial charge is 0.481 e. The van der Waals surface area contributed by atoms with Gasteiger partial charge in [0.05, 0.1) is 17.9 Å². The summed E-state index contributed by atoms with van der Waals surface area (Å²) in [6, 6.07) is -0.743. The van der Waals surface area contributed by atoms with Crippen LogP contribution in [0.5, 0.6) is 0 Å². The Labute approximate surface area is 108 Å². The summed E-state index contributed by atoms with van der Waals surface area (Å²) in [5, 5.41) is 8.66. The zero-order valence-corrected chi connectivity index (χ0v) is 12.2. The molecule has 18 heavy (non-hydrogen) atoms. The molecule has 0 aliphatic heterocycles. The second-order valence-corrected chi connectivity index (χ2v) is 8.65. The molecule has 0 aliphatic rings. The zero-order chi connectivity index (χ0) is 14.6. The van der Waals surface area contributed by atoms with Gasteiger partial charge in [-0.15, -0.1) is 0 Å². The fourth-order valence-corrected chi connectivity index (χ4v) is 4.18. The summed E-state index contributed by atoms with van der Waals surface area (Å²) in [5.74, 6) is -2.36. The van der Waals surface area contributed by atoms with E-state index in [0.29, 0.717) is 0 Å². The number of carboxylic acids is 1. The maximum absolute atomic E-state index is 11.6. The molecule has 0 rings (SSSR count). The van der Waals surface area contributed by atoms with E-state index in [9.17, 15) is 21.6 Å². The van der Waals surface area contributed by atoms with Crippen LogP contribution in [0.4, 0.5) is 0 Å². The first-order valence-electron chi connectivity index (χ1n) is 5.32. The number of hydrogen-bond donors (Lipinski definition) is 2. The summed E-state index contributed by atoms with van der Waals surface area (Å²) < 4.78 is 47.2. The van der Waals surface area contributed by atoms with Crippen LogP contribution in [0.15, 0.2) is 0 Å². The smallest absolute Gasteiger partial charge is 0.304 e. The van der Waals surface area contributed by atoms with Gasteiger partial charge >= 0.3 is 5.97 Å². The lowest BCUT2D eigenvalue weighted by atomic mass is 10.0. The van der Waals surface area contributed by atoms with Crippen molar-refractivity contribution in [3.8, 4) is 0 Å². The minimum Gasteiger partial charge on any atom is -0.481 e. The van der Waals surface area contributed by atoms with E-state index in [4.69, 9.17) is 5.11 Å². The van der Waals surface area contributed by atoms with Crippen molar-refractivity contribution in [3.63, 3.8) is 0 Å². The fraction of sp³-hybridized carbons (Fsp3) is 0.889. The van der Waals surface area contributed by atoms with Crippen molar-refractivity contribution in [1.29, 1.82) is 0 Å². The van der Waals surface area contributed by atoms with E-state index in [0.717, 1.165) is 6.26 Å². The molecule has 1 atom stereocenters. The third-order valence-corrected chi connectivity index (χ3v) is 4.86. The van der Waals surface area contributed by atoms with E-state index < -0.39 is 43.4 Å². The van der Waals surface area contributed by atoms with Gasteiger partial charge in [-0.25, -0.2) is 21.6 Å². The molecule has 2 N–H and O–H groups in total. The van der Waals surface area contributed by atoms with Gasteiger partial charge in [0.1, 0.15) is 9.84 Å². The molecule has 0 bridgehead atoms. The normalized spacial score (nSPS) is 14.7. The van der Waals surface area contributed by atoms with Crippen LogP contribution in [-0.2, 0) is 24.7 Å². The van der Waals surface area contributed by atoms with E-state index >= 15 is 0 Å². The van der Waals surface area contributed by atoms with Crippen molar-refractivity contribution in [3.05, 3.63) is 0 Å². The SMILES string of the molecule is CC(C)C(CC(=O)O)NS(=O)(=O)CCS(C)(=O)=O. The molecule has 0 saturated heterocycles. The Morgan fingerprint density at radius 2 is 1.67 bits per heavy atom. The number of carbonyl (C=O) groups is 1. The highest BCUT2D eigenvalue weighted by atomic mass is 32.2. The van der Waals surface area contributed by atoms with Gasteiger partial charge in [-0.1, -0.05) is 13.8 Å². The molecule has 108 valence electrons. The Morgan fingerprint density at radius 3 is 2.00 bits per heavy atom. The molecule has 1 unspecified atom stereocenters. The number of aliphatic carboxylic acids is 1. The Bertz CT molecular complexity index is 479. The predicted molar refractivity (Wildman–Crippen MR) is 67.5 cm³/mol. The topological polar surface area (TPSA) is 118 Å². The van der Waals surface area contributed by atoms with Gasteiger partial charge in [0.15, 0.2) is 0 Å². The zero-order valence-electron chi connectivity index (χ0n) is 10.6. The molecule has 7 nitrogen and oxygen atoms in total. The quantitative estimate of drug-likeness (QED) is 0.621. The number of rotatable bonds is 8. The number of sulfonamides is 1. The third kappa shape index (κ3) is 8.43. The van der Waals surface area contributed by atoms with Gasteiger partial charge in [-0.2, -0.15) is 0 Å². The standard InChI is InChI=1S/C9H19NO6S2/c1-7(2)8(6-9(11)12)10-18(15,16)5-4-17(3,13)14/h7-8,10H,4-6H2,1-3H3,(H,11,12). The number of carboxylic acid groups (broad SMARTS) is 1. The second-order valence-electron chi connectivity index (χ2n) is 4.51. The Hall–Kier alpha value is -0.670. The molecular formula is C9H19NO6S2. The predicted octanol–water partition coefficient (Wildman–Crippen LogP) is -0.550. The van der Waals surface area contributed by atoms with E-state index in [1.165, 1.54) is 0 Å². The molecule has 0 heterocycles. The van der Waals surface area contributed by atoms with Crippen LogP contribution in [0.1, 0.15) is 20.3 Å². The van der Waals surface area contributed by atoms with Crippen molar-refractivity contribution in [1.82, 2.24) is 4.72 Å². The van der Waals surface area contributed by atoms with Crippen LogP contribution in [0.3, 0.4) is 0 Å². The molecule has 0 aromatic heterocycles. The number of hydrogen-bond acceptors (Lipinski definition) is 5. The Morgan fingerprint density at radius 1 is 1.17 bits per heavy atom. The van der Waals surface area contributed by atoms with Gasteiger partial charge in [-0.05, 0) is 5.92 Å². The second kappa shape index (κ2) is 6.48. The lowest BCUT2D eigenvalue weighted by Crippen LogP contribution is -2.42. The molecule has 9 heteroatoms. The maximum Gasteiger partial charge on any atom is 0.304 e. The van der Waals surface area contributed by atoms with E-state index in [1.807, 2.05) is 0 Å². The lowest BCUT2D eigenvalue weighted by Gasteiger charge is -2.20. The average molecular weight is 301 g/mol. The van der Waals surface area contributed by atoms with Crippen molar-refractivity contribution < 1.29 is 26.7 Å². The number of sulfone groups is 1. The van der Waals surface area contributed by atoms with E-state index in [2.05, 4.69) is 4.72 Å². The molecule has 0 aromatic carbocycles. The minimum absolute atomic E-state index is 0.200. The summed E-state index contributed by atoms with van der Waals surface area (Å²) in [7, 11) is -7.17. The lowest BCUT2D eigenvalue weighted by molar-refractivity contribution is -0.137. The van der Waals surface area contributed by atoms with Crippen molar-refractivity contribution in [2.24, 2.45) is 5.92 Å². The van der Waals surface area contributed by atoms with Gasteiger partial charge < -0.3 is 5.11 Å². The fourth-order valence-electron chi connectivity index (χ4n) is 1.15. The van der Waals surface area contributed by atoms with Gasteiger partial charge in [0.25, 0.3) is 0 Å². The first-order valence-corrected chi connectivity index (χ1v) is 9.04. The first kappa shape index (κ1) is 17.3. The number of nitrogens with one attached hydrogen (secondary N) is 1. The van der Waals surface area contributed by atoms with Crippen molar-refractivity contribution in [2.45, 2.75) is 26.3 Å². The summed E-state index contributed by atoms with van der Waals surface area (Å²) in [6.45, 7) is 3.37. The molecule has 0 aromatic rings. The molecule has 0 radical (unpaired) electrons. The van der Waals surface area contributed by atoms with Crippen molar-refractivity contribution in [2.75, 3.05) is 17.8 Å². The van der Waals surface area contributed by atoms with E-state index in [1.54, 1.807) is 13.8 Å². The van der Waals surface area contributed by atoms with Gasteiger partial charge in [0, 0.05) is 12.3 Å². The Kier molecular flexibility index (Phi) is 6.24. The maximum atomic E-state index is 11.6. The van der Waals surface area contributed by atoms with Crippen LogP contribution in [0.25, 0.3) is 0 Å². The van der Waals surface area contributed by atoms with Crippen LogP contribution < -0.4 is 4.72 Å². The monoisotopic (exact) mass is 301 g/mol. The van der Waals surface area contributed by atoms with Crippen LogP contribution in [0, 0.1) is 5.92 Å². The van der Waals surface area contributed by atoms with Crippen LogP contribution in [0.2, 0.25) is 0 Å². The highest BCUT2D eigenvalue weighted by Gasteiger charge is 2.24. The highest BCUT2D eigenvalue weighted by molar-refractivity contribution is 7.93. The molecule has 0 amide bonds. The van der Waals surface area contributed by atoms with Crippen molar-refractivity contribution >= 4 is 25.8 Å². The molecule has 0 saturated carbocycles. The molecule has 0 spiro atoms. The van der Waals surface area contributed by atoms with Crippen LogP contribution in [-0.4, -0.2) is 51.7 Å². The van der Waals surface area contributed by atoms with Gasteiger partial charge in [0.2, 0.25) is 10.0 Å². The highest BCUT2D eigenvalue weighted by Crippen LogP contribution is 2.08. The third-order valence-electron chi connectivity index (χ3n) is 2.25. The first-order chi connectivity index (χ1) is 7.93. The minimum atomic E-state index is -3.80. The van der Waals surface area contributed by atoms with Gasteiger partial charge in [-0.3, -0.25) is 4.79 Å². The Balaban J connectivity index is 4.66. The van der Waals surface area contributed by atoms with Crippen LogP contribution >= 0.6 is 0 Å². The summed E-state index contributed by atoms with van der Waals surface area (Å²) >= 11 is 0. The summed E-state index contributed by atoms with van der Waals surface area (Å²) in [5.41, 5.74) is 0. The van der Waals surface area contributed by atoms with E-state index in [-0.39, 0.29) is 12.3 Å². The summed E-state index contributed by atoms with van der Waals surface area (Å²) in [6.07, 6.45) is 0.607. The molecule has 0 fully saturated rings. The summed E-state index contributed by atoms with van der Waals surface area (Å²) in [4.78, 5) is 10.6. The average Bonchev–Trinajstić information content (AvgIpc) is 2.11. The molecule has 0 aliphatic carbocycles. The molecular weight excluding hydrogens is 282 g/mol.